The fraction of sp³-hybridized carbons (Fsp3) is 0.261. The molecule has 31 heavy (non-hydrogen) atoms. The van der Waals surface area contributed by atoms with Gasteiger partial charge < -0.3 is 19.5 Å². The molecular weight excluding hydrogens is 412 g/mol. The van der Waals surface area contributed by atoms with Crippen LogP contribution >= 0.6 is 11.3 Å². The molecular formula is C23H22N4O3S. The van der Waals surface area contributed by atoms with Crippen molar-refractivity contribution >= 4 is 39.7 Å². The maximum Gasteiger partial charge on any atom is 0.259 e. The van der Waals surface area contributed by atoms with Crippen molar-refractivity contribution in [3.05, 3.63) is 58.6 Å². The average molecular weight is 435 g/mol. The van der Waals surface area contributed by atoms with Crippen LogP contribution in [-0.2, 0) is 4.74 Å². The van der Waals surface area contributed by atoms with Gasteiger partial charge in [0.25, 0.3) is 11.6 Å². The summed E-state index contributed by atoms with van der Waals surface area (Å²) < 4.78 is 10.9. The number of carbonyl (C=O) groups is 1. The number of anilines is 2. The van der Waals surface area contributed by atoms with Gasteiger partial charge in [-0.05, 0) is 44.2 Å². The van der Waals surface area contributed by atoms with Crippen molar-refractivity contribution in [2.75, 3.05) is 36.5 Å². The van der Waals surface area contributed by atoms with Crippen molar-refractivity contribution in [2.45, 2.75) is 13.8 Å². The number of thiophene rings is 1. The number of carbonyl (C=O) groups excluding carboxylic acids is 1. The maximum absolute atomic E-state index is 13.5. The molecule has 4 aromatic rings. The molecule has 158 valence electrons. The second-order valence-electron chi connectivity index (χ2n) is 7.48. The molecule has 0 unspecified atom stereocenters. The van der Waals surface area contributed by atoms with Gasteiger partial charge in [-0.15, -0.1) is 11.3 Å². The summed E-state index contributed by atoms with van der Waals surface area (Å²) >= 11 is 1.63. The fourth-order valence-electron chi connectivity index (χ4n) is 3.82. The molecule has 1 saturated heterocycles. The van der Waals surface area contributed by atoms with Gasteiger partial charge >= 0.3 is 0 Å². The van der Waals surface area contributed by atoms with Crippen LogP contribution in [0.25, 0.3) is 21.7 Å². The van der Waals surface area contributed by atoms with Gasteiger partial charge in [-0.25, -0.2) is 4.98 Å². The second kappa shape index (κ2) is 8.13. The lowest BCUT2D eigenvalue weighted by molar-refractivity contribution is 0.102. The molecule has 4 heterocycles. The first-order valence-corrected chi connectivity index (χ1v) is 11.0. The average Bonchev–Trinajstić information content (AvgIpc) is 3.40. The highest BCUT2D eigenvalue weighted by molar-refractivity contribution is 7.15. The first kappa shape index (κ1) is 19.7. The van der Waals surface area contributed by atoms with Crippen LogP contribution in [0.15, 0.2) is 47.0 Å². The molecule has 7 nitrogen and oxygen atoms in total. The number of hydrogen-bond donors (Lipinski definition) is 1. The Balaban J connectivity index is 1.54. The highest BCUT2D eigenvalue weighted by Crippen LogP contribution is 2.32. The van der Waals surface area contributed by atoms with E-state index in [1.807, 2.05) is 56.3 Å². The normalized spacial score (nSPS) is 14.2. The highest BCUT2D eigenvalue weighted by Gasteiger charge is 2.22. The van der Waals surface area contributed by atoms with E-state index in [1.165, 1.54) is 4.88 Å². The highest BCUT2D eigenvalue weighted by atomic mass is 32.1. The van der Waals surface area contributed by atoms with Crippen molar-refractivity contribution in [3.8, 4) is 10.6 Å². The third-order valence-electron chi connectivity index (χ3n) is 5.36. The minimum absolute atomic E-state index is 0.214. The topological polar surface area (TPSA) is 80.5 Å². The number of aryl methyl sites for hydroxylation is 2. The summed E-state index contributed by atoms with van der Waals surface area (Å²) in [6, 6.07) is 13.7. The van der Waals surface area contributed by atoms with Crippen molar-refractivity contribution in [3.63, 3.8) is 0 Å². The van der Waals surface area contributed by atoms with E-state index in [1.54, 1.807) is 11.3 Å². The van der Waals surface area contributed by atoms with Crippen LogP contribution in [0.1, 0.15) is 20.9 Å². The third kappa shape index (κ3) is 3.80. The molecule has 1 fully saturated rings. The molecule has 1 aliphatic heterocycles. The molecule has 1 aromatic carbocycles. The quantitative estimate of drug-likeness (QED) is 0.503. The third-order valence-corrected chi connectivity index (χ3v) is 6.38. The van der Waals surface area contributed by atoms with Gasteiger partial charge in [0.2, 0.25) is 0 Å². The van der Waals surface area contributed by atoms with Gasteiger partial charge in [-0.2, -0.15) is 0 Å². The molecule has 0 aliphatic carbocycles. The number of nitrogens with one attached hydrogen (secondary N) is 1. The van der Waals surface area contributed by atoms with E-state index in [9.17, 15) is 4.79 Å². The van der Waals surface area contributed by atoms with Crippen LogP contribution in [0.5, 0.6) is 0 Å². The fourth-order valence-corrected chi connectivity index (χ4v) is 4.65. The minimum atomic E-state index is -0.214. The Bertz CT molecular complexity index is 1260. The van der Waals surface area contributed by atoms with Crippen molar-refractivity contribution in [1.82, 2.24) is 10.1 Å². The zero-order valence-corrected chi connectivity index (χ0v) is 18.2. The standard InChI is InChI=1S/C23H22N4O3S/c1-14-7-8-20(31-14)18-13-16(21-15(2)26-30-23(21)25-18)22(28)24-17-5-3-4-6-19(17)27-9-11-29-12-10-27/h3-8,13H,9-12H2,1-2H3,(H,24,28). The summed E-state index contributed by atoms with van der Waals surface area (Å²) in [5.41, 5.74) is 3.97. The van der Waals surface area contributed by atoms with E-state index in [4.69, 9.17) is 9.26 Å². The Hall–Kier alpha value is -3.23. The number of morpholine rings is 1. The van der Waals surface area contributed by atoms with Crippen LogP contribution in [0, 0.1) is 13.8 Å². The van der Waals surface area contributed by atoms with Crippen LogP contribution < -0.4 is 10.2 Å². The molecule has 8 heteroatoms. The number of pyridine rings is 1. The number of para-hydroxylation sites is 2. The predicted molar refractivity (Wildman–Crippen MR) is 122 cm³/mol. The number of nitrogens with zero attached hydrogens (tertiary/aromatic N) is 3. The monoisotopic (exact) mass is 434 g/mol. The summed E-state index contributed by atoms with van der Waals surface area (Å²) in [7, 11) is 0. The zero-order valence-electron chi connectivity index (χ0n) is 17.3. The number of ether oxygens (including phenoxy) is 1. The summed E-state index contributed by atoms with van der Waals surface area (Å²) in [5.74, 6) is -0.214. The Kier molecular flexibility index (Phi) is 5.17. The zero-order chi connectivity index (χ0) is 21.4. The number of benzene rings is 1. The SMILES string of the molecule is Cc1ccc(-c2cc(C(=O)Nc3ccccc3N3CCOCC3)c3c(C)noc3n2)s1. The van der Waals surface area contributed by atoms with Gasteiger partial charge in [0.1, 0.15) is 0 Å². The lowest BCUT2D eigenvalue weighted by Gasteiger charge is -2.30. The molecule has 1 amide bonds. The molecule has 1 aliphatic rings. The van der Waals surface area contributed by atoms with Crippen LogP contribution in [0.2, 0.25) is 0 Å². The molecule has 0 spiro atoms. The number of amides is 1. The van der Waals surface area contributed by atoms with Gasteiger partial charge in [0.05, 0.1) is 51.8 Å². The number of hydrogen-bond acceptors (Lipinski definition) is 7. The lowest BCUT2D eigenvalue weighted by atomic mass is 10.1. The smallest absolute Gasteiger partial charge is 0.259 e. The maximum atomic E-state index is 13.5. The summed E-state index contributed by atoms with van der Waals surface area (Å²) in [6.07, 6.45) is 0. The largest absolute Gasteiger partial charge is 0.378 e. The summed E-state index contributed by atoms with van der Waals surface area (Å²) in [4.78, 5) is 22.4. The van der Waals surface area contributed by atoms with E-state index >= 15 is 0 Å². The predicted octanol–water partition coefficient (Wildman–Crippen LogP) is 4.66. The van der Waals surface area contributed by atoms with E-state index in [2.05, 4.69) is 20.4 Å². The molecule has 5 rings (SSSR count). The Morgan fingerprint density at radius 2 is 1.94 bits per heavy atom. The van der Waals surface area contributed by atoms with E-state index < -0.39 is 0 Å². The first-order valence-electron chi connectivity index (χ1n) is 10.2. The van der Waals surface area contributed by atoms with E-state index in [0.717, 1.165) is 29.3 Å². The van der Waals surface area contributed by atoms with Gasteiger partial charge in [0.15, 0.2) is 0 Å². The van der Waals surface area contributed by atoms with E-state index in [-0.39, 0.29) is 5.91 Å². The summed E-state index contributed by atoms with van der Waals surface area (Å²) in [5, 5.41) is 7.78. The Labute approximate surface area is 183 Å². The number of rotatable bonds is 4. The molecule has 0 bridgehead atoms. The summed E-state index contributed by atoms with van der Waals surface area (Å²) in [6.45, 7) is 6.80. The van der Waals surface area contributed by atoms with Crippen molar-refractivity contribution in [1.29, 1.82) is 0 Å². The number of fused-ring (bicyclic) bond motifs is 1. The van der Waals surface area contributed by atoms with Crippen LogP contribution in [-0.4, -0.2) is 42.4 Å². The number of aromatic nitrogens is 2. The molecule has 0 atom stereocenters. The molecule has 0 radical (unpaired) electrons. The first-order chi connectivity index (χ1) is 15.1. The molecule has 1 N–H and O–H groups in total. The molecule has 0 saturated carbocycles. The van der Waals surface area contributed by atoms with Crippen LogP contribution in [0.3, 0.4) is 0 Å². The Morgan fingerprint density at radius 1 is 1.13 bits per heavy atom. The van der Waals surface area contributed by atoms with Gasteiger partial charge in [0, 0.05) is 18.0 Å². The van der Waals surface area contributed by atoms with Crippen molar-refractivity contribution < 1.29 is 14.1 Å². The van der Waals surface area contributed by atoms with Crippen molar-refractivity contribution in [2.24, 2.45) is 0 Å². The Morgan fingerprint density at radius 3 is 2.71 bits per heavy atom. The van der Waals surface area contributed by atoms with Gasteiger partial charge in [-0.1, -0.05) is 17.3 Å². The van der Waals surface area contributed by atoms with E-state index in [0.29, 0.717) is 41.3 Å². The van der Waals surface area contributed by atoms with Gasteiger partial charge in [-0.3, -0.25) is 4.79 Å². The lowest BCUT2D eigenvalue weighted by Crippen LogP contribution is -2.36. The molecule has 3 aromatic heterocycles. The minimum Gasteiger partial charge on any atom is -0.378 e. The second-order valence-corrected chi connectivity index (χ2v) is 8.77. The van der Waals surface area contributed by atoms with Crippen LogP contribution in [0.4, 0.5) is 11.4 Å².